The highest BCUT2D eigenvalue weighted by molar-refractivity contribution is 7.89. The summed E-state index contributed by atoms with van der Waals surface area (Å²) in [6, 6.07) is 3.53. The number of hydrogen-bond acceptors (Lipinski definition) is 2. The summed E-state index contributed by atoms with van der Waals surface area (Å²) in [5.74, 6) is 0.322. The van der Waals surface area contributed by atoms with Gasteiger partial charge in [-0.3, -0.25) is 0 Å². The third-order valence-electron chi connectivity index (χ3n) is 3.25. The molecule has 0 aromatic heterocycles. The van der Waals surface area contributed by atoms with Crippen molar-refractivity contribution in [2.75, 3.05) is 6.54 Å². The standard InChI is InChI=1S/C14H22ClNO2S/c1-6-16(10(2)3)19(17,18)14-8-13(9-15)11(4)7-12(14)5/h7-8,10H,6,9H2,1-5H3. The maximum atomic E-state index is 12.7. The first-order valence-electron chi connectivity index (χ1n) is 6.43. The van der Waals surface area contributed by atoms with Gasteiger partial charge in [0.05, 0.1) is 4.90 Å². The molecular formula is C14H22ClNO2S. The molecule has 0 saturated heterocycles. The minimum Gasteiger partial charge on any atom is -0.207 e. The van der Waals surface area contributed by atoms with Crippen molar-refractivity contribution in [2.24, 2.45) is 0 Å². The van der Waals surface area contributed by atoms with Crippen LogP contribution in [-0.4, -0.2) is 25.3 Å². The molecule has 0 unspecified atom stereocenters. The summed E-state index contributed by atoms with van der Waals surface area (Å²) in [5.41, 5.74) is 2.66. The Balaban J connectivity index is 3.44. The number of hydrogen-bond donors (Lipinski definition) is 0. The van der Waals surface area contributed by atoms with Gasteiger partial charge < -0.3 is 0 Å². The minimum atomic E-state index is -3.46. The highest BCUT2D eigenvalue weighted by atomic mass is 35.5. The van der Waals surface area contributed by atoms with Crippen LogP contribution in [0.5, 0.6) is 0 Å². The lowest BCUT2D eigenvalue weighted by Crippen LogP contribution is -2.37. The Labute approximate surface area is 121 Å². The molecule has 1 rings (SSSR count). The van der Waals surface area contributed by atoms with E-state index in [0.29, 0.717) is 17.3 Å². The Hall–Kier alpha value is -0.580. The van der Waals surface area contributed by atoms with Gasteiger partial charge in [0, 0.05) is 18.5 Å². The van der Waals surface area contributed by atoms with Crippen LogP contribution in [0.1, 0.15) is 37.5 Å². The lowest BCUT2D eigenvalue weighted by Gasteiger charge is -2.25. The van der Waals surface area contributed by atoms with Crippen LogP contribution < -0.4 is 0 Å². The Kier molecular flexibility index (Phi) is 5.42. The lowest BCUT2D eigenvalue weighted by atomic mass is 10.1. The second kappa shape index (κ2) is 6.25. The van der Waals surface area contributed by atoms with Crippen molar-refractivity contribution in [3.05, 3.63) is 28.8 Å². The van der Waals surface area contributed by atoms with Crippen LogP contribution in [0.2, 0.25) is 0 Å². The van der Waals surface area contributed by atoms with Crippen LogP contribution in [0.15, 0.2) is 17.0 Å². The largest absolute Gasteiger partial charge is 0.243 e. The van der Waals surface area contributed by atoms with Crippen LogP contribution in [0.3, 0.4) is 0 Å². The molecule has 0 atom stereocenters. The predicted octanol–water partition coefficient (Wildman–Crippen LogP) is 3.46. The average Bonchev–Trinajstić information content (AvgIpc) is 2.28. The van der Waals surface area contributed by atoms with E-state index in [9.17, 15) is 8.42 Å². The van der Waals surface area contributed by atoms with Gasteiger partial charge >= 0.3 is 0 Å². The van der Waals surface area contributed by atoms with Crippen molar-refractivity contribution < 1.29 is 8.42 Å². The predicted molar refractivity (Wildman–Crippen MR) is 80.2 cm³/mol. The third kappa shape index (κ3) is 3.30. The van der Waals surface area contributed by atoms with Gasteiger partial charge in [-0.05, 0) is 50.5 Å². The molecule has 0 amide bonds. The molecule has 0 radical (unpaired) electrons. The van der Waals surface area contributed by atoms with Gasteiger partial charge in [-0.2, -0.15) is 4.31 Å². The van der Waals surface area contributed by atoms with Crippen molar-refractivity contribution in [3.63, 3.8) is 0 Å². The second-order valence-electron chi connectivity index (χ2n) is 4.98. The molecule has 19 heavy (non-hydrogen) atoms. The third-order valence-corrected chi connectivity index (χ3v) is 5.83. The molecule has 0 bridgehead atoms. The molecule has 0 aliphatic rings. The molecule has 0 aliphatic carbocycles. The monoisotopic (exact) mass is 303 g/mol. The van der Waals surface area contributed by atoms with E-state index in [2.05, 4.69) is 0 Å². The fraction of sp³-hybridized carbons (Fsp3) is 0.571. The van der Waals surface area contributed by atoms with E-state index in [1.807, 2.05) is 40.7 Å². The molecule has 0 heterocycles. The highest BCUT2D eigenvalue weighted by Crippen LogP contribution is 2.25. The van der Waals surface area contributed by atoms with E-state index in [4.69, 9.17) is 11.6 Å². The van der Waals surface area contributed by atoms with E-state index in [1.165, 1.54) is 4.31 Å². The van der Waals surface area contributed by atoms with E-state index in [-0.39, 0.29) is 6.04 Å². The van der Waals surface area contributed by atoms with E-state index >= 15 is 0 Å². The summed E-state index contributed by atoms with van der Waals surface area (Å²) in [6.45, 7) is 9.85. The number of halogens is 1. The number of rotatable bonds is 5. The molecule has 1 aromatic rings. The van der Waals surface area contributed by atoms with E-state index in [0.717, 1.165) is 16.7 Å². The highest BCUT2D eigenvalue weighted by Gasteiger charge is 2.27. The minimum absolute atomic E-state index is 0.0600. The van der Waals surface area contributed by atoms with Crippen LogP contribution >= 0.6 is 11.6 Å². The van der Waals surface area contributed by atoms with E-state index < -0.39 is 10.0 Å². The molecule has 1 aromatic carbocycles. The maximum absolute atomic E-state index is 12.7. The number of nitrogens with zero attached hydrogens (tertiary/aromatic N) is 1. The Morgan fingerprint density at radius 2 is 1.79 bits per heavy atom. The average molecular weight is 304 g/mol. The molecule has 0 saturated carbocycles. The molecular weight excluding hydrogens is 282 g/mol. The zero-order valence-corrected chi connectivity index (χ0v) is 13.8. The van der Waals surface area contributed by atoms with Crippen LogP contribution in [0.4, 0.5) is 0 Å². The van der Waals surface area contributed by atoms with Crippen molar-refractivity contribution in [1.82, 2.24) is 4.31 Å². The summed E-state index contributed by atoms with van der Waals surface area (Å²) in [7, 11) is -3.46. The first kappa shape index (κ1) is 16.5. The van der Waals surface area contributed by atoms with Crippen LogP contribution in [-0.2, 0) is 15.9 Å². The van der Waals surface area contributed by atoms with Gasteiger partial charge in [-0.25, -0.2) is 8.42 Å². The van der Waals surface area contributed by atoms with Crippen LogP contribution in [0.25, 0.3) is 0 Å². The smallest absolute Gasteiger partial charge is 0.207 e. The summed E-state index contributed by atoms with van der Waals surface area (Å²) in [6.07, 6.45) is 0. The SMILES string of the molecule is CCN(C(C)C)S(=O)(=O)c1cc(CCl)c(C)cc1C. The topological polar surface area (TPSA) is 37.4 Å². The zero-order chi connectivity index (χ0) is 14.8. The fourth-order valence-corrected chi connectivity index (χ4v) is 4.43. The van der Waals surface area contributed by atoms with Crippen molar-refractivity contribution >= 4 is 21.6 Å². The first-order chi connectivity index (χ1) is 8.75. The van der Waals surface area contributed by atoms with Gasteiger partial charge in [0.2, 0.25) is 10.0 Å². The Morgan fingerprint density at radius 3 is 2.21 bits per heavy atom. The van der Waals surface area contributed by atoms with Gasteiger partial charge in [0.15, 0.2) is 0 Å². The van der Waals surface area contributed by atoms with Gasteiger partial charge in [-0.15, -0.1) is 11.6 Å². The summed E-state index contributed by atoms with van der Waals surface area (Å²) in [4.78, 5) is 0.365. The molecule has 3 nitrogen and oxygen atoms in total. The van der Waals surface area contributed by atoms with Gasteiger partial charge in [-0.1, -0.05) is 13.0 Å². The summed E-state index contributed by atoms with van der Waals surface area (Å²) < 4.78 is 26.9. The molecule has 0 fully saturated rings. The molecule has 5 heteroatoms. The fourth-order valence-electron chi connectivity index (χ4n) is 2.24. The van der Waals surface area contributed by atoms with Crippen LogP contribution in [0, 0.1) is 13.8 Å². The van der Waals surface area contributed by atoms with Crippen molar-refractivity contribution in [3.8, 4) is 0 Å². The summed E-state index contributed by atoms with van der Waals surface area (Å²) >= 11 is 5.87. The normalized spacial score (nSPS) is 12.4. The van der Waals surface area contributed by atoms with Gasteiger partial charge in [0.1, 0.15) is 0 Å². The zero-order valence-electron chi connectivity index (χ0n) is 12.2. The first-order valence-corrected chi connectivity index (χ1v) is 8.41. The Bertz CT molecular complexity index is 553. The van der Waals surface area contributed by atoms with E-state index in [1.54, 1.807) is 6.07 Å². The second-order valence-corrected chi connectivity index (χ2v) is 7.11. The maximum Gasteiger partial charge on any atom is 0.243 e. The quantitative estimate of drug-likeness (QED) is 0.781. The van der Waals surface area contributed by atoms with Crippen molar-refractivity contribution in [2.45, 2.75) is 51.4 Å². The Morgan fingerprint density at radius 1 is 1.21 bits per heavy atom. The molecule has 0 spiro atoms. The number of sulfonamides is 1. The number of aryl methyl sites for hydroxylation is 2. The number of benzene rings is 1. The lowest BCUT2D eigenvalue weighted by molar-refractivity contribution is 0.369. The molecule has 108 valence electrons. The summed E-state index contributed by atoms with van der Waals surface area (Å²) in [5, 5.41) is 0. The number of alkyl halides is 1. The van der Waals surface area contributed by atoms with Gasteiger partial charge in [0.25, 0.3) is 0 Å². The molecule has 0 aliphatic heterocycles. The molecule has 0 N–H and O–H groups in total. The van der Waals surface area contributed by atoms with Crippen molar-refractivity contribution in [1.29, 1.82) is 0 Å².